The molecule has 30 heavy (non-hydrogen) atoms. The molecule has 2 aromatic carbocycles. The lowest BCUT2D eigenvalue weighted by Gasteiger charge is -2.27. The molecule has 2 aliphatic rings. The molecule has 2 heterocycles. The van der Waals surface area contributed by atoms with E-state index in [1.165, 1.54) is 6.07 Å². The molecule has 156 valence electrons. The molecule has 0 saturated carbocycles. The molecule has 2 aromatic rings. The van der Waals surface area contributed by atoms with E-state index in [2.05, 4.69) is 16.2 Å². The van der Waals surface area contributed by atoms with Crippen LogP contribution in [-0.4, -0.2) is 43.4 Å². The first-order valence-corrected chi connectivity index (χ1v) is 9.83. The highest BCUT2D eigenvalue weighted by Gasteiger charge is 2.28. The van der Waals surface area contributed by atoms with Crippen molar-refractivity contribution in [2.24, 2.45) is 5.73 Å². The molecule has 1 atom stereocenters. The smallest absolute Gasteiger partial charge is 0.265 e. The van der Waals surface area contributed by atoms with Crippen LogP contribution >= 0.6 is 0 Å². The van der Waals surface area contributed by atoms with Crippen LogP contribution < -0.4 is 21.9 Å². The maximum absolute atomic E-state index is 14.5. The molecule has 4 rings (SSSR count). The van der Waals surface area contributed by atoms with Crippen LogP contribution in [0.15, 0.2) is 53.7 Å². The van der Waals surface area contributed by atoms with Crippen molar-refractivity contribution in [1.82, 2.24) is 21.1 Å². The number of nitrogens with two attached hydrogens (primary N) is 1. The zero-order valence-electron chi connectivity index (χ0n) is 16.7. The Hall–Kier alpha value is -3.23. The maximum atomic E-state index is 14.5. The third-order valence-electron chi connectivity index (χ3n) is 5.63. The van der Waals surface area contributed by atoms with Crippen molar-refractivity contribution >= 4 is 11.8 Å². The van der Waals surface area contributed by atoms with Gasteiger partial charge in [-0.15, -0.1) is 0 Å². The zero-order chi connectivity index (χ0) is 21.3. The Bertz CT molecular complexity index is 1020. The summed E-state index contributed by atoms with van der Waals surface area (Å²) in [6, 6.07) is 11.8. The lowest BCUT2D eigenvalue weighted by atomic mass is 9.93. The normalized spacial score (nSPS) is 18.3. The number of likely N-dealkylation sites (N-methyl/N-ethyl adjacent to an activating group) is 1. The Morgan fingerprint density at radius 2 is 2.07 bits per heavy atom. The van der Waals surface area contributed by atoms with Crippen LogP contribution in [0.5, 0.6) is 0 Å². The summed E-state index contributed by atoms with van der Waals surface area (Å²) in [5.41, 5.74) is 15.6. The summed E-state index contributed by atoms with van der Waals surface area (Å²) in [5.74, 6) is -1.11. The Kier molecular flexibility index (Phi) is 5.52. The Morgan fingerprint density at radius 1 is 1.27 bits per heavy atom. The number of benzene rings is 2. The number of nitrogens with one attached hydrogen (secondary N) is 3. The minimum atomic E-state index is -0.554. The fraction of sp³-hybridized carbons (Fsp3) is 0.273. The second-order valence-electron chi connectivity index (χ2n) is 7.45. The molecule has 8 heteroatoms. The quantitative estimate of drug-likeness (QED) is 0.596. The SMILES string of the molecule is CNC1=C(CN)CN(C(=O)c2cc(CC3NNC(=O)c4ccccc43)ccc2F)C1. The number of fused-ring (bicyclic) bond motifs is 1. The number of carbonyl (C=O) groups is 2. The van der Waals surface area contributed by atoms with Gasteiger partial charge in [-0.25, -0.2) is 9.82 Å². The van der Waals surface area contributed by atoms with Crippen molar-refractivity contribution in [1.29, 1.82) is 0 Å². The van der Waals surface area contributed by atoms with E-state index in [0.29, 0.717) is 31.6 Å². The summed E-state index contributed by atoms with van der Waals surface area (Å²) < 4.78 is 14.5. The molecule has 0 aromatic heterocycles. The van der Waals surface area contributed by atoms with E-state index < -0.39 is 5.82 Å². The summed E-state index contributed by atoms with van der Waals surface area (Å²) in [7, 11) is 1.79. The van der Waals surface area contributed by atoms with Gasteiger partial charge < -0.3 is 16.0 Å². The molecule has 2 aliphatic heterocycles. The number of carbonyl (C=O) groups excluding carboxylic acids is 2. The van der Waals surface area contributed by atoms with Crippen molar-refractivity contribution in [2.75, 3.05) is 26.7 Å². The van der Waals surface area contributed by atoms with Crippen molar-refractivity contribution in [2.45, 2.75) is 12.5 Å². The van der Waals surface area contributed by atoms with Crippen molar-refractivity contribution in [3.63, 3.8) is 0 Å². The Morgan fingerprint density at radius 3 is 2.80 bits per heavy atom. The molecule has 5 N–H and O–H groups in total. The van der Waals surface area contributed by atoms with Gasteiger partial charge in [0.25, 0.3) is 11.8 Å². The summed E-state index contributed by atoms with van der Waals surface area (Å²) in [4.78, 5) is 26.6. The van der Waals surface area contributed by atoms with E-state index >= 15 is 0 Å². The van der Waals surface area contributed by atoms with Gasteiger partial charge in [-0.3, -0.25) is 15.0 Å². The van der Waals surface area contributed by atoms with Crippen LogP contribution in [0.25, 0.3) is 0 Å². The van der Waals surface area contributed by atoms with Gasteiger partial charge in [0.2, 0.25) is 0 Å². The number of hydrogen-bond acceptors (Lipinski definition) is 5. The van der Waals surface area contributed by atoms with Gasteiger partial charge in [-0.2, -0.15) is 0 Å². The minimum Gasteiger partial charge on any atom is -0.390 e. The largest absolute Gasteiger partial charge is 0.390 e. The van der Waals surface area contributed by atoms with Crippen LogP contribution in [0, 0.1) is 5.82 Å². The Balaban J connectivity index is 1.56. The fourth-order valence-corrected chi connectivity index (χ4v) is 4.01. The molecule has 0 saturated heterocycles. The summed E-state index contributed by atoms with van der Waals surface area (Å²) in [6.45, 7) is 1.12. The van der Waals surface area contributed by atoms with Crippen LogP contribution in [0.1, 0.15) is 37.9 Å². The molecule has 2 amide bonds. The van der Waals surface area contributed by atoms with Gasteiger partial charge in [0.1, 0.15) is 5.82 Å². The summed E-state index contributed by atoms with van der Waals surface area (Å²) >= 11 is 0. The molecular formula is C22H24FN5O2. The van der Waals surface area contributed by atoms with E-state index in [1.807, 2.05) is 18.2 Å². The van der Waals surface area contributed by atoms with Crippen LogP contribution in [0.3, 0.4) is 0 Å². The van der Waals surface area contributed by atoms with Crippen LogP contribution in [0.2, 0.25) is 0 Å². The molecule has 0 spiro atoms. The number of nitrogens with zero attached hydrogens (tertiary/aromatic N) is 1. The standard InChI is InChI=1S/C22H24FN5O2/c1-25-20-12-28(11-14(20)10-24)22(30)17-8-13(6-7-18(17)23)9-19-15-4-2-3-5-16(15)21(29)27-26-19/h2-8,19,25-26H,9-12,24H2,1H3,(H,27,29). The van der Waals surface area contributed by atoms with Gasteiger partial charge in [0.05, 0.1) is 18.2 Å². The number of hydrazine groups is 1. The first-order valence-electron chi connectivity index (χ1n) is 9.83. The molecule has 0 aliphatic carbocycles. The van der Waals surface area contributed by atoms with Gasteiger partial charge in [-0.05, 0) is 41.3 Å². The minimum absolute atomic E-state index is 0.0364. The predicted octanol–water partition coefficient (Wildman–Crippen LogP) is 1.25. The van der Waals surface area contributed by atoms with Crippen molar-refractivity contribution < 1.29 is 14.0 Å². The predicted molar refractivity (Wildman–Crippen MR) is 111 cm³/mol. The van der Waals surface area contributed by atoms with E-state index in [9.17, 15) is 14.0 Å². The topological polar surface area (TPSA) is 99.5 Å². The Labute approximate surface area is 174 Å². The molecule has 1 unspecified atom stereocenters. The van der Waals surface area contributed by atoms with Crippen LogP contribution in [0.4, 0.5) is 4.39 Å². The average Bonchev–Trinajstić information content (AvgIpc) is 3.20. The highest BCUT2D eigenvalue weighted by atomic mass is 19.1. The molecule has 0 fully saturated rings. The second-order valence-corrected chi connectivity index (χ2v) is 7.45. The third kappa shape index (κ3) is 3.67. The van der Waals surface area contributed by atoms with Crippen molar-refractivity contribution in [3.05, 3.63) is 81.8 Å². The van der Waals surface area contributed by atoms with E-state index in [1.54, 1.807) is 30.1 Å². The van der Waals surface area contributed by atoms with Crippen molar-refractivity contribution in [3.8, 4) is 0 Å². The van der Waals surface area contributed by atoms with Gasteiger partial charge in [0, 0.05) is 31.4 Å². The fourth-order valence-electron chi connectivity index (χ4n) is 4.01. The van der Waals surface area contributed by atoms with Gasteiger partial charge in [-0.1, -0.05) is 24.3 Å². The number of hydrogen-bond donors (Lipinski definition) is 4. The third-order valence-corrected chi connectivity index (χ3v) is 5.63. The number of amides is 2. The zero-order valence-corrected chi connectivity index (χ0v) is 16.7. The molecule has 7 nitrogen and oxygen atoms in total. The average molecular weight is 409 g/mol. The maximum Gasteiger partial charge on any atom is 0.265 e. The highest BCUT2D eigenvalue weighted by Crippen LogP contribution is 2.26. The lowest BCUT2D eigenvalue weighted by molar-refractivity contribution is 0.0790. The summed E-state index contributed by atoms with van der Waals surface area (Å²) in [6.07, 6.45) is 0.492. The monoisotopic (exact) mass is 409 g/mol. The van der Waals surface area contributed by atoms with E-state index in [4.69, 9.17) is 5.73 Å². The van der Waals surface area contributed by atoms with E-state index in [0.717, 1.165) is 22.4 Å². The number of rotatable bonds is 5. The van der Waals surface area contributed by atoms with Gasteiger partial charge >= 0.3 is 0 Å². The summed E-state index contributed by atoms with van der Waals surface area (Å²) in [5, 5.41) is 3.06. The number of halogens is 1. The first kappa shape index (κ1) is 20.1. The lowest BCUT2D eigenvalue weighted by Crippen LogP contribution is -2.46. The molecule has 0 radical (unpaired) electrons. The van der Waals surface area contributed by atoms with Gasteiger partial charge in [0.15, 0.2) is 0 Å². The molecule has 0 bridgehead atoms. The highest BCUT2D eigenvalue weighted by molar-refractivity contribution is 5.96. The van der Waals surface area contributed by atoms with Crippen LogP contribution in [-0.2, 0) is 6.42 Å². The van der Waals surface area contributed by atoms with E-state index in [-0.39, 0.29) is 23.4 Å². The second kappa shape index (κ2) is 8.25. The molecular weight excluding hydrogens is 385 g/mol. The first-order chi connectivity index (χ1) is 14.5.